The fraction of sp³-hybridized carbons (Fsp3) is 0.938. The van der Waals surface area contributed by atoms with Crippen LogP contribution < -0.4 is 5.32 Å². The van der Waals surface area contributed by atoms with Crippen LogP contribution in [0.25, 0.3) is 0 Å². The standard InChI is InChI=1S/C16H30N2O2/c1-10(2)8-14-17-15(11(3)4)16(19)18(14)12(5)13-6-7-20-9-13/h10-15,17H,6-9H2,1-5H3. The zero-order valence-electron chi connectivity index (χ0n) is 13.6. The molecule has 0 saturated carbocycles. The van der Waals surface area contributed by atoms with Crippen molar-refractivity contribution in [1.82, 2.24) is 10.2 Å². The van der Waals surface area contributed by atoms with Gasteiger partial charge < -0.3 is 9.64 Å². The molecule has 0 aliphatic carbocycles. The molecule has 0 aromatic heterocycles. The first-order valence-electron chi connectivity index (χ1n) is 8.07. The highest BCUT2D eigenvalue weighted by molar-refractivity contribution is 5.85. The third-order valence-corrected chi connectivity index (χ3v) is 4.68. The summed E-state index contributed by atoms with van der Waals surface area (Å²) in [4.78, 5) is 14.9. The Morgan fingerprint density at radius 1 is 1.30 bits per heavy atom. The molecule has 2 rings (SSSR count). The molecule has 1 N–H and O–H groups in total. The van der Waals surface area contributed by atoms with E-state index in [2.05, 4.69) is 44.8 Å². The molecular formula is C16H30N2O2. The first-order valence-corrected chi connectivity index (χ1v) is 8.07. The van der Waals surface area contributed by atoms with Crippen LogP contribution in [0.15, 0.2) is 0 Å². The number of carbonyl (C=O) groups excluding carboxylic acids is 1. The van der Waals surface area contributed by atoms with E-state index in [9.17, 15) is 4.79 Å². The molecule has 4 heteroatoms. The average Bonchev–Trinajstić information content (AvgIpc) is 2.96. The zero-order chi connectivity index (χ0) is 14.9. The summed E-state index contributed by atoms with van der Waals surface area (Å²) < 4.78 is 5.51. The minimum atomic E-state index is -0.0245. The van der Waals surface area contributed by atoms with Gasteiger partial charge in [-0.3, -0.25) is 10.1 Å². The average molecular weight is 282 g/mol. The molecule has 0 spiro atoms. The Bertz CT molecular complexity index is 337. The van der Waals surface area contributed by atoms with Gasteiger partial charge in [0.2, 0.25) is 5.91 Å². The van der Waals surface area contributed by atoms with Crippen molar-refractivity contribution in [3.8, 4) is 0 Å². The van der Waals surface area contributed by atoms with Gasteiger partial charge in [-0.1, -0.05) is 27.7 Å². The van der Waals surface area contributed by atoms with E-state index in [4.69, 9.17) is 4.74 Å². The summed E-state index contributed by atoms with van der Waals surface area (Å²) in [6, 6.07) is 0.244. The molecule has 4 atom stereocenters. The van der Waals surface area contributed by atoms with Gasteiger partial charge in [0.25, 0.3) is 0 Å². The molecule has 116 valence electrons. The van der Waals surface area contributed by atoms with Gasteiger partial charge in [0.15, 0.2) is 0 Å². The van der Waals surface area contributed by atoms with Gasteiger partial charge in [-0.15, -0.1) is 0 Å². The number of amides is 1. The molecule has 2 aliphatic rings. The summed E-state index contributed by atoms with van der Waals surface area (Å²) in [5.41, 5.74) is 0. The van der Waals surface area contributed by atoms with E-state index in [1.54, 1.807) is 0 Å². The molecule has 0 aromatic rings. The summed E-state index contributed by atoms with van der Waals surface area (Å²) in [5, 5.41) is 3.56. The zero-order valence-corrected chi connectivity index (χ0v) is 13.6. The SMILES string of the molecule is CC(C)CC1NC(C(C)C)C(=O)N1C(C)C1CCOC1. The molecular weight excluding hydrogens is 252 g/mol. The predicted octanol–water partition coefficient (Wildman–Crippen LogP) is 2.24. The van der Waals surface area contributed by atoms with Gasteiger partial charge in [-0.05, 0) is 31.6 Å². The molecule has 2 fully saturated rings. The van der Waals surface area contributed by atoms with Gasteiger partial charge in [0, 0.05) is 18.6 Å². The Morgan fingerprint density at radius 3 is 2.50 bits per heavy atom. The summed E-state index contributed by atoms with van der Waals surface area (Å²) in [6.45, 7) is 12.5. The molecule has 2 heterocycles. The van der Waals surface area contributed by atoms with Crippen LogP contribution in [-0.4, -0.2) is 42.3 Å². The van der Waals surface area contributed by atoms with Crippen molar-refractivity contribution in [2.24, 2.45) is 17.8 Å². The van der Waals surface area contributed by atoms with Crippen LogP contribution >= 0.6 is 0 Å². The molecule has 4 nitrogen and oxygen atoms in total. The minimum absolute atomic E-state index is 0.0245. The second kappa shape index (κ2) is 6.44. The third-order valence-electron chi connectivity index (χ3n) is 4.68. The van der Waals surface area contributed by atoms with Gasteiger partial charge in [-0.25, -0.2) is 0 Å². The van der Waals surface area contributed by atoms with E-state index in [0.717, 1.165) is 26.1 Å². The van der Waals surface area contributed by atoms with Crippen LogP contribution in [0.3, 0.4) is 0 Å². The van der Waals surface area contributed by atoms with Gasteiger partial charge >= 0.3 is 0 Å². The van der Waals surface area contributed by atoms with Crippen LogP contribution in [0.1, 0.15) is 47.5 Å². The van der Waals surface area contributed by atoms with Gasteiger partial charge in [0.1, 0.15) is 0 Å². The number of rotatable bonds is 5. The van der Waals surface area contributed by atoms with Crippen LogP contribution in [0.2, 0.25) is 0 Å². The lowest BCUT2D eigenvalue weighted by Gasteiger charge is -2.34. The maximum Gasteiger partial charge on any atom is 0.241 e. The Labute approximate surface area is 123 Å². The number of ether oxygens (including phenoxy) is 1. The van der Waals surface area contributed by atoms with Crippen molar-refractivity contribution < 1.29 is 9.53 Å². The molecule has 2 aliphatic heterocycles. The fourth-order valence-electron chi connectivity index (χ4n) is 3.42. The van der Waals surface area contributed by atoms with E-state index < -0.39 is 0 Å². The molecule has 1 amide bonds. The summed E-state index contributed by atoms with van der Waals surface area (Å²) in [7, 11) is 0. The summed E-state index contributed by atoms with van der Waals surface area (Å²) >= 11 is 0. The second-order valence-electron chi connectivity index (χ2n) is 7.14. The lowest BCUT2D eigenvalue weighted by Crippen LogP contribution is -2.47. The number of carbonyl (C=O) groups is 1. The van der Waals surface area contributed by atoms with Gasteiger partial charge in [-0.2, -0.15) is 0 Å². The van der Waals surface area contributed by atoms with E-state index in [1.165, 1.54) is 0 Å². The predicted molar refractivity (Wildman–Crippen MR) is 80.2 cm³/mol. The molecule has 2 saturated heterocycles. The maximum absolute atomic E-state index is 12.8. The lowest BCUT2D eigenvalue weighted by atomic mass is 9.97. The molecule has 0 aromatic carbocycles. The monoisotopic (exact) mass is 282 g/mol. The van der Waals surface area contributed by atoms with Crippen molar-refractivity contribution in [1.29, 1.82) is 0 Å². The highest BCUT2D eigenvalue weighted by atomic mass is 16.5. The van der Waals surface area contributed by atoms with E-state index in [0.29, 0.717) is 17.8 Å². The van der Waals surface area contributed by atoms with Crippen LogP contribution in [0, 0.1) is 17.8 Å². The third kappa shape index (κ3) is 3.17. The number of hydrogen-bond donors (Lipinski definition) is 1. The van der Waals surface area contributed by atoms with Crippen molar-refractivity contribution in [2.45, 2.75) is 65.7 Å². The van der Waals surface area contributed by atoms with Crippen molar-refractivity contribution in [2.75, 3.05) is 13.2 Å². The topological polar surface area (TPSA) is 41.6 Å². The highest BCUT2D eigenvalue weighted by Crippen LogP contribution is 2.29. The van der Waals surface area contributed by atoms with Crippen molar-refractivity contribution in [3.63, 3.8) is 0 Å². The van der Waals surface area contributed by atoms with Gasteiger partial charge in [0.05, 0.1) is 18.8 Å². The van der Waals surface area contributed by atoms with Crippen molar-refractivity contribution >= 4 is 5.91 Å². The quantitative estimate of drug-likeness (QED) is 0.841. The van der Waals surface area contributed by atoms with Crippen LogP contribution in [0.4, 0.5) is 0 Å². The smallest absolute Gasteiger partial charge is 0.241 e. The van der Waals surface area contributed by atoms with E-state index >= 15 is 0 Å². The molecule has 4 unspecified atom stereocenters. The van der Waals surface area contributed by atoms with Crippen molar-refractivity contribution in [3.05, 3.63) is 0 Å². The highest BCUT2D eigenvalue weighted by Gasteiger charge is 2.44. The normalized spacial score (nSPS) is 32.6. The van der Waals surface area contributed by atoms with Crippen LogP contribution in [0.5, 0.6) is 0 Å². The minimum Gasteiger partial charge on any atom is -0.381 e. The Kier molecular flexibility index (Phi) is 5.08. The van der Waals surface area contributed by atoms with E-state index in [-0.39, 0.29) is 24.2 Å². The molecule has 0 radical (unpaired) electrons. The lowest BCUT2D eigenvalue weighted by molar-refractivity contribution is -0.133. The first-order chi connectivity index (χ1) is 9.41. The number of hydrogen-bond acceptors (Lipinski definition) is 3. The Balaban J connectivity index is 2.13. The maximum atomic E-state index is 12.8. The summed E-state index contributed by atoms with van der Waals surface area (Å²) in [5.74, 6) is 1.70. The number of nitrogens with one attached hydrogen (secondary N) is 1. The van der Waals surface area contributed by atoms with Crippen LogP contribution in [-0.2, 0) is 9.53 Å². The largest absolute Gasteiger partial charge is 0.381 e. The van der Waals surface area contributed by atoms with E-state index in [1.807, 2.05) is 0 Å². The molecule has 20 heavy (non-hydrogen) atoms. The Hall–Kier alpha value is -0.610. The number of nitrogens with zero attached hydrogens (tertiary/aromatic N) is 1. The molecule has 0 bridgehead atoms. The fourth-order valence-corrected chi connectivity index (χ4v) is 3.42. The Morgan fingerprint density at radius 2 is 2.00 bits per heavy atom. The second-order valence-corrected chi connectivity index (χ2v) is 7.14. The first kappa shape index (κ1) is 15.8. The summed E-state index contributed by atoms with van der Waals surface area (Å²) in [6.07, 6.45) is 2.28.